The maximum Gasteiger partial charge on any atom is 0.259 e. The maximum atomic E-state index is 13.1. The Balaban J connectivity index is 1.66. The molecule has 1 N–H and O–H groups in total. The van der Waals surface area contributed by atoms with Gasteiger partial charge in [0.1, 0.15) is 11.4 Å². The van der Waals surface area contributed by atoms with Crippen molar-refractivity contribution in [2.45, 2.75) is 32.9 Å². The molecule has 0 spiro atoms. The maximum absolute atomic E-state index is 13.1. The number of ether oxygens (including phenoxy) is 2. The predicted octanol–water partition coefficient (Wildman–Crippen LogP) is 3.16. The Labute approximate surface area is 173 Å². The highest BCUT2D eigenvalue weighted by molar-refractivity contribution is 6.09. The Morgan fingerprint density at radius 3 is 2.97 bits per heavy atom. The number of hydrogen-bond acceptors (Lipinski definition) is 6. The van der Waals surface area contributed by atoms with Crippen molar-refractivity contribution in [2.24, 2.45) is 0 Å². The van der Waals surface area contributed by atoms with Crippen LogP contribution in [0.1, 0.15) is 30.6 Å². The van der Waals surface area contributed by atoms with Gasteiger partial charge in [0, 0.05) is 50.3 Å². The number of fused-ring (bicyclic) bond motifs is 2. The van der Waals surface area contributed by atoms with Crippen LogP contribution >= 0.6 is 0 Å². The van der Waals surface area contributed by atoms with E-state index in [1.54, 1.807) is 42.3 Å². The van der Waals surface area contributed by atoms with E-state index in [4.69, 9.17) is 9.47 Å². The normalized spacial score (nSPS) is 11.5. The van der Waals surface area contributed by atoms with Crippen molar-refractivity contribution in [2.75, 3.05) is 19.0 Å². The third kappa shape index (κ3) is 4.11. The van der Waals surface area contributed by atoms with Gasteiger partial charge in [-0.15, -0.1) is 0 Å². The number of methoxy groups -OCH3 is 1. The number of aryl methyl sites for hydroxylation is 1. The molecule has 0 aliphatic rings. The highest BCUT2D eigenvalue weighted by Crippen LogP contribution is 2.28. The minimum Gasteiger partial charge on any atom is -0.490 e. The summed E-state index contributed by atoms with van der Waals surface area (Å²) in [6.07, 6.45) is 7.71. The van der Waals surface area contributed by atoms with Crippen molar-refractivity contribution in [1.29, 1.82) is 0 Å². The van der Waals surface area contributed by atoms with Gasteiger partial charge in [-0.1, -0.05) is 0 Å². The van der Waals surface area contributed by atoms with Crippen LogP contribution in [0.4, 0.5) is 5.69 Å². The number of carbonyl (C=O) groups excluding carboxylic acids is 1. The number of nitrogens with zero attached hydrogens (tertiary/aromatic N) is 5. The average Bonchev–Trinajstić information content (AvgIpc) is 3.30. The van der Waals surface area contributed by atoms with Gasteiger partial charge in [-0.3, -0.25) is 9.48 Å². The van der Waals surface area contributed by atoms with Gasteiger partial charge in [-0.05, 0) is 32.4 Å². The minimum atomic E-state index is -0.291. The van der Waals surface area contributed by atoms with Crippen molar-refractivity contribution in [3.8, 4) is 5.75 Å². The first-order valence-corrected chi connectivity index (χ1v) is 9.81. The van der Waals surface area contributed by atoms with Gasteiger partial charge in [0.25, 0.3) is 5.91 Å². The van der Waals surface area contributed by atoms with Crippen molar-refractivity contribution in [3.05, 3.63) is 48.5 Å². The van der Waals surface area contributed by atoms with Crippen LogP contribution in [0.5, 0.6) is 5.75 Å². The number of amides is 1. The average molecular weight is 408 g/mol. The van der Waals surface area contributed by atoms with Gasteiger partial charge in [0.15, 0.2) is 5.65 Å². The molecule has 3 heterocycles. The molecule has 1 aromatic carbocycles. The van der Waals surface area contributed by atoms with Gasteiger partial charge in [-0.25, -0.2) is 9.50 Å². The number of anilines is 1. The fraction of sp³-hybridized carbons (Fsp3) is 0.333. The van der Waals surface area contributed by atoms with E-state index in [2.05, 4.69) is 20.5 Å². The number of rotatable bonds is 8. The highest BCUT2D eigenvalue weighted by atomic mass is 16.5. The summed E-state index contributed by atoms with van der Waals surface area (Å²) in [4.78, 5) is 17.4. The van der Waals surface area contributed by atoms with Crippen molar-refractivity contribution >= 4 is 28.1 Å². The van der Waals surface area contributed by atoms with Gasteiger partial charge in [-0.2, -0.15) is 10.2 Å². The lowest BCUT2D eigenvalue weighted by atomic mass is 10.1. The summed E-state index contributed by atoms with van der Waals surface area (Å²) in [5, 5.41) is 12.6. The zero-order valence-electron chi connectivity index (χ0n) is 17.2. The van der Waals surface area contributed by atoms with E-state index in [0.29, 0.717) is 29.3 Å². The van der Waals surface area contributed by atoms with Crippen molar-refractivity contribution in [3.63, 3.8) is 0 Å². The van der Waals surface area contributed by atoms with Crippen LogP contribution < -0.4 is 10.1 Å². The van der Waals surface area contributed by atoms with Crippen LogP contribution in [0.15, 0.2) is 43.0 Å². The molecule has 0 aliphatic carbocycles. The van der Waals surface area contributed by atoms with Crippen LogP contribution in [0.2, 0.25) is 0 Å². The molecular weight excluding hydrogens is 384 g/mol. The van der Waals surface area contributed by atoms with Crippen molar-refractivity contribution in [1.82, 2.24) is 24.4 Å². The first-order valence-electron chi connectivity index (χ1n) is 9.81. The summed E-state index contributed by atoms with van der Waals surface area (Å²) in [6, 6.07) is 5.39. The van der Waals surface area contributed by atoms with E-state index in [9.17, 15) is 4.79 Å². The highest BCUT2D eigenvalue weighted by Gasteiger charge is 2.19. The SMILES string of the molecule is COCCCn1cc2cc(C(=O)Nc3cnn4cccnc34)c(OC(C)C)cc2n1. The second-order valence-corrected chi connectivity index (χ2v) is 7.21. The van der Waals surface area contributed by atoms with E-state index in [0.717, 1.165) is 23.9 Å². The quantitative estimate of drug-likeness (QED) is 0.450. The summed E-state index contributed by atoms with van der Waals surface area (Å²) in [6.45, 7) is 5.24. The van der Waals surface area contributed by atoms with Crippen LogP contribution in [-0.4, -0.2) is 50.1 Å². The molecule has 3 aromatic heterocycles. The fourth-order valence-corrected chi connectivity index (χ4v) is 3.22. The zero-order valence-corrected chi connectivity index (χ0v) is 17.2. The molecule has 9 heteroatoms. The molecule has 0 fully saturated rings. The lowest BCUT2D eigenvalue weighted by Crippen LogP contribution is -2.16. The van der Waals surface area contributed by atoms with Crippen LogP contribution in [0, 0.1) is 0 Å². The Hall–Kier alpha value is -3.46. The predicted molar refractivity (Wildman–Crippen MR) is 113 cm³/mol. The molecule has 0 saturated heterocycles. The molecule has 0 aliphatic heterocycles. The minimum absolute atomic E-state index is 0.0866. The van der Waals surface area contributed by atoms with Gasteiger partial charge in [0.05, 0.1) is 23.4 Å². The molecule has 0 bridgehead atoms. The molecule has 0 saturated carbocycles. The third-order valence-corrected chi connectivity index (χ3v) is 4.52. The van der Waals surface area contributed by atoms with Crippen LogP contribution in [-0.2, 0) is 11.3 Å². The Morgan fingerprint density at radius 2 is 2.17 bits per heavy atom. The summed E-state index contributed by atoms with van der Waals surface area (Å²) in [7, 11) is 1.68. The molecule has 4 rings (SSSR count). The van der Waals surface area contributed by atoms with E-state index in [1.807, 2.05) is 30.8 Å². The molecule has 156 valence electrons. The van der Waals surface area contributed by atoms with Gasteiger partial charge in [0.2, 0.25) is 0 Å². The second kappa shape index (κ2) is 8.50. The Kier molecular flexibility index (Phi) is 5.62. The molecule has 1 amide bonds. The molecule has 0 atom stereocenters. The molecule has 0 unspecified atom stereocenters. The topological polar surface area (TPSA) is 95.6 Å². The number of hydrogen-bond donors (Lipinski definition) is 1. The van der Waals surface area contributed by atoms with Gasteiger partial charge >= 0.3 is 0 Å². The number of nitrogens with one attached hydrogen (secondary N) is 1. The number of benzene rings is 1. The number of aromatic nitrogens is 5. The van der Waals surface area contributed by atoms with E-state index >= 15 is 0 Å². The lowest BCUT2D eigenvalue weighted by molar-refractivity contribution is 0.102. The second-order valence-electron chi connectivity index (χ2n) is 7.21. The summed E-state index contributed by atoms with van der Waals surface area (Å²) in [5.74, 6) is 0.196. The Morgan fingerprint density at radius 1 is 1.30 bits per heavy atom. The smallest absolute Gasteiger partial charge is 0.259 e. The first-order chi connectivity index (χ1) is 14.5. The first kappa shape index (κ1) is 19.8. The molecule has 9 nitrogen and oxygen atoms in total. The molecule has 30 heavy (non-hydrogen) atoms. The van der Waals surface area contributed by atoms with Crippen molar-refractivity contribution < 1.29 is 14.3 Å². The zero-order chi connectivity index (χ0) is 21.1. The largest absolute Gasteiger partial charge is 0.490 e. The number of carbonyl (C=O) groups is 1. The van der Waals surface area contributed by atoms with Gasteiger partial charge < -0.3 is 14.8 Å². The fourth-order valence-electron chi connectivity index (χ4n) is 3.22. The van der Waals surface area contributed by atoms with E-state index < -0.39 is 0 Å². The molecule has 4 aromatic rings. The third-order valence-electron chi connectivity index (χ3n) is 4.52. The van der Waals surface area contributed by atoms with Crippen LogP contribution in [0.25, 0.3) is 16.6 Å². The summed E-state index contributed by atoms with van der Waals surface area (Å²) in [5.41, 5.74) is 2.32. The molecular formula is C21H24N6O3. The monoisotopic (exact) mass is 408 g/mol. The summed E-state index contributed by atoms with van der Waals surface area (Å²) < 4.78 is 14.5. The van der Waals surface area contributed by atoms with Crippen LogP contribution in [0.3, 0.4) is 0 Å². The Bertz CT molecular complexity index is 1180. The van der Waals surface area contributed by atoms with E-state index in [1.165, 1.54) is 0 Å². The standard InChI is InChI=1S/C21H24N6O3/c1-14(2)30-19-11-17-15(13-26(25-17)7-5-9-29-3)10-16(19)21(28)24-18-12-23-27-8-4-6-22-20(18)27/h4,6,8,10-14H,5,7,9H2,1-3H3,(H,24,28). The lowest BCUT2D eigenvalue weighted by Gasteiger charge is -2.14. The molecule has 0 radical (unpaired) electrons. The van der Waals surface area contributed by atoms with E-state index in [-0.39, 0.29) is 12.0 Å². The summed E-state index contributed by atoms with van der Waals surface area (Å²) >= 11 is 0.